The van der Waals surface area contributed by atoms with E-state index in [0.717, 1.165) is 44.4 Å². The zero-order chi connectivity index (χ0) is 22.7. The smallest absolute Gasteiger partial charge is 0.155 e. The number of hydrogen-bond donors (Lipinski definition) is 0. The lowest BCUT2D eigenvalue weighted by molar-refractivity contribution is 0.634. The highest BCUT2D eigenvalue weighted by Gasteiger charge is 2.37. The summed E-state index contributed by atoms with van der Waals surface area (Å²) in [5.74, 6) is 0.0846. The molecule has 0 bridgehead atoms. The fourth-order valence-corrected chi connectivity index (χ4v) is 6.31. The van der Waals surface area contributed by atoms with Gasteiger partial charge in [-0.2, -0.15) is 0 Å². The van der Waals surface area contributed by atoms with Crippen LogP contribution in [-0.4, -0.2) is 9.13 Å². The van der Waals surface area contributed by atoms with Crippen molar-refractivity contribution in [2.24, 2.45) is 0 Å². The molecule has 5 aromatic carbocycles. The maximum Gasteiger partial charge on any atom is 0.155 e. The van der Waals surface area contributed by atoms with Gasteiger partial charge in [-0.1, -0.05) is 60.7 Å². The van der Waals surface area contributed by atoms with E-state index in [1.54, 1.807) is 0 Å². The van der Waals surface area contributed by atoms with Crippen LogP contribution in [0.15, 0.2) is 112 Å². The molecule has 2 aliphatic rings. The van der Waals surface area contributed by atoms with Crippen molar-refractivity contribution >= 4 is 44.4 Å². The van der Waals surface area contributed by atoms with Crippen LogP contribution < -0.4 is 0 Å². The Balaban J connectivity index is 1.66. The molecule has 0 fully saturated rings. The van der Waals surface area contributed by atoms with Crippen molar-refractivity contribution in [2.75, 3.05) is 0 Å². The molecule has 0 unspecified atom stereocenters. The molecular weight excluding hydrogens is 432 g/mol. The second kappa shape index (κ2) is 6.05. The number of para-hydroxylation sites is 6. The third-order valence-electron chi connectivity index (χ3n) is 7.60. The summed E-state index contributed by atoms with van der Waals surface area (Å²) in [6, 6.07) is 36.2. The molecule has 0 saturated heterocycles. The van der Waals surface area contributed by atoms with Crippen LogP contribution in [0.4, 0.5) is 0 Å². The molecule has 0 N–H and O–H groups in total. The normalized spacial score (nSPS) is 13.6. The maximum atomic E-state index is 6.55. The largest absolute Gasteiger partial charge is 0.453 e. The standard InChI is InChI=1S/C31H18N2O2/c1-3-11-20-18(9-1)28-19-10-2-4-12-21(19)33-23-14-6-8-16-25(23)35-27-17-26-30(29(28)31(27)33)32(20)22-13-5-7-15-24(22)34-26/h1-17,28H. The summed E-state index contributed by atoms with van der Waals surface area (Å²) in [5.41, 5.74) is 13.9. The van der Waals surface area contributed by atoms with Crippen molar-refractivity contribution in [1.29, 1.82) is 0 Å². The molecule has 7 aromatic rings. The van der Waals surface area contributed by atoms with Crippen LogP contribution in [0.3, 0.4) is 0 Å². The van der Waals surface area contributed by atoms with Crippen molar-refractivity contribution in [3.05, 3.63) is 120 Å². The van der Waals surface area contributed by atoms with Gasteiger partial charge in [0.2, 0.25) is 0 Å². The lowest BCUT2D eigenvalue weighted by atomic mass is 9.78. The Kier molecular flexibility index (Phi) is 3.06. The van der Waals surface area contributed by atoms with E-state index in [2.05, 4.69) is 88.0 Å². The van der Waals surface area contributed by atoms with Gasteiger partial charge in [0.1, 0.15) is 0 Å². The fraction of sp³-hybridized carbons (Fsp3) is 0.0323. The SMILES string of the molecule is c1ccc2c(c1)C1c3ccccc3-n3c4ccccc4oc4cc5oc6ccccc6n-2c5c1c43. The Morgan fingerprint density at radius 3 is 1.49 bits per heavy atom. The molecule has 2 aromatic heterocycles. The molecule has 0 radical (unpaired) electrons. The first-order valence-corrected chi connectivity index (χ1v) is 11.9. The number of aromatic nitrogens is 2. The lowest BCUT2D eigenvalue weighted by Gasteiger charge is -2.36. The summed E-state index contributed by atoms with van der Waals surface area (Å²) < 4.78 is 17.9. The molecule has 0 aliphatic carbocycles. The minimum Gasteiger partial charge on any atom is -0.453 e. The van der Waals surface area contributed by atoms with Gasteiger partial charge >= 0.3 is 0 Å². The summed E-state index contributed by atoms with van der Waals surface area (Å²) in [5, 5.41) is 0. The van der Waals surface area contributed by atoms with E-state index in [0.29, 0.717) is 0 Å². The first-order valence-electron chi connectivity index (χ1n) is 11.9. The zero-order valence-corrected chi connectivity index (χ0v) is 18.6. The highest BCUT2D eigenvalue weighted by atomic mass is 16.3. The van der Waals surface area contributed by atoms with Crippen LogP contribution in [0.1, 0.15) is 22.6 Å². The first kappa shape index (κ1) is 17.7. The monoisotopic (exact) mass is 450 g/mol. The molecule has 0 amide bonds. The van der Waals surface area contributed by atoms with Crippen LogP contribution >= 0.6 is 0 Å². The topological polar surface area (TPSA) is 36.1 Å². The van der Waals surface area contributed by atoms with Crippen molar-refractivity contribution in [1.82, 2.24) is 9.13 Å². The summed E-state index contributed by atoms with van der Waals surface area (Å²) in [6.45, 7) is 0. The van der Waals surface area contributed by atoms with Crippen molar-refractivity contribution < 1.29 is 8.83 Å². The average Bonchev–Trinajstić information content (AvgIpc) is 2.92. The van der Waals surface area contributed by atoms with Gasteiger partial charge in [-0.15, -0.1) is 0 Å². The molecule has 35 heavy (non-hydrogen) atoms. The number of rotatable bonds is 0. The predicted molar refractivity (Wildman–Crippen MR) is 138 cm³/mol. The summed E-state index contributed by atoms with van der Waals surface area (Å²) in [7, 11) is 0. The predicted octanol–water partition coefficient (Wildman–Crippen LogP) is 8.00. The molecule has 0 atom stereocenters. The Morgan fingerprint density at radius 1 is 0.486 bits per heavy atom. The van der Waals surface area contributed by atoms with Crippen LogP contribution in [0.5, 0.6) is 0 Å². The van der Waals surface area contributed by atoms with E-state index in [1.807, 2.05) is 24.3 Å². The maximum absolute atomic E-state index is 6.55. The quantitative estimate of drug-likeness (QED) is 0.219. The second-order valence-corrected chi connectivity index (χ2v) is 9.34. The number of nitrogens with zero attached hydrogens (tertiary/aromatic N) is 2. The van der Waals surface area contributed by atoms with E-state index in [-0.39, 0.29) is 5.92 Å². The zero-order valence-electron chi connectivity index (χ0n) is 18.6. The van der Waals surface area contributed by atoms with E-state index in [1.165, 1.54) is 28.1 Å². The van der Waals surface area contributed by atoms with E-state index in [9.17, 15) is 0 Å². The molecule has 0 spiro atoms. The molecule has 9 rings (SSSR count). The second-order valence-electron chi connectivity index (χ2n) is 9.34. The third-order valence-corrected chi connectivity index (χ3v) is 7.60. The molecule has 0 saturated carbocycles. The Hall–Kier alpha value is -4.70. The van der Waals surface area contributed by atoms with Crippen LogP contribution in [-0.2, 0) is 0 Å². The Labute approximate surface area is 199 Å². The summed E-state index contributed by atoms with van der Waals surface area (Å²) in [4.78, 5) is 0. The Bertz CT molecular complexity index is 1930. The molecule has 4 nitrogen and oxygen atoms in total. The number of fused-ring (bicyclic) bond motifs is 10. The van der Waals surface area contributed by atoms with E-state index >= 15 is 0 Å². The molecular formula is C31H18N2O2. The van der Waals surface area contributed by atoms with Crippen LogP contribution in [0.25, 0.3) is 55.8 Å². The first-order chi connectivity index (χ1) is 17.4. The number of hydrogen-bond acceptors (Lipinski definition) is 2. The highest BCUT2D eigenvalue weighted by molar-refractivity contribution is 6.04. The van der Waals surface area contributed by atoms with Crippen molar-refractivity contribution in [2.45, 2.75) is 5.92 Å². The highest BCUT2D eigenvalue weighted by Crippen LogP contribution is 2.52. The van der Waals surface area contributed by atoms with Gasteiger partial charge in [-0.3, -0.25) is 0 Å². The lowest BCUT2D eigenvalue weighted by Crippen LogP contribution is -2.23. The minimum absolute atomic E-state index is 0.0846. The summed E-state index contributed by atoms with van der Waals surface area (Å²) in [6.07, 6.45) is 0. The van der Waals surface area contributed by atoms with Gasteiger partial charge < -0.3 is 18.0 Å². The minimum atomic E-state index is 0.0846. The van der Waals surface area contributed by atoms with Crippen molar-refractivity contribution in [3.8, 4) is 11.4 Å². The number of benzene rings is 5. The van der Waals surface area contributed by atoms with E-state index < -0.39 is 0 Å². The van der Waals surface area contributed by atoms with Gasteiger partial charge in [-0.25, -0.2) is 0 Å². The van der Waals surface area contributed by atoms with Gasteiger partial charge in [0.25, 0.3) is 0 Å². The van der Waals surface area contributed by atoms with E-state index in [4.69, 9.17) is 8.83 Å². The van der Waals surface area contributed by atoms with Crippen LogP contribution in [0.2, 0.25) is 0 Å². The van der Waals surface area contributed by atoms with Gasteiger partial charge in [0.05, 0.1) is 33.4 Å². The fourth-order valence-electron chi connectivity index (χ4n) is 6.31. The average molecular weight is 450 g/mol. The van der Waals surface area contributed by atoms with Gasteiger partial charge in [0.15, 0.2) is 22.3 Å². The third kappa shape index (κ3) is 2.05. The molecule has 164 valence electrons. The summed E-state index contributed by atoms with van der Waals surface area (Å²) >= 11 is 0. The molecule has 2 aliphatic heterocycles. The van der Waals surface area contributed by atoms with Gasteiger partial charge in [-0.05, 0) is 47.5 Å². The molecule has 4 heterocycles. The Morgan fingerprint density at radius 2 is 0.943 bits per heavy atom. The van der Waals surface area contributed by atoms with Gasteiger partial charge in [0, 0.05) is 17.5 Å². The molecule has 4 heteroatoms. The van der Waals surface area contributed by atoms with Crippen molar-refractivity contribution in [3.63, 3.8) is 0 Å². The van der Waals surface area contributed by atoms with Crippen LogP contribution in [0, 0.1) is 0 Å².